The third-order valence-electron chi connectivity index (χ3n) is 2.57. The molecule has 3 N–H and O–H groups in total. The average molecular weight is 287 g/mol. The molecule has 0 saturated heterocycles. The quantitative estimate of drug-likeness (QED) is 0.582. The fraction of sp³-hybridized carbons (Fsp3) is 0.0667. The standard InChI is InChI=1S/C15H14FN3O2/c16-12-4-6-13(7-5-12)17-10-15(21)19-18-9-11-2-1-3-14(20)8-11/h1-9,17,20H,10H2,(H,19,21)/b18-9-. The third-order valence-corrected chi connectivity index (χ3v) is 2.57. The van der Waals surface area contributed by atoms with E-state index in [1.807, 2.05) is 0 Å². The Bertz CT molecular complexity index is 642. The van der Waals surface area contributed by atoms with E-state index in [0.717, 1.165) is 0 Å². The number of hydrogen-bond donors (Lipinski definition) is 3. The number of anilines is 1. The van der Waals surface area contributed by atoms with Crippen LogP contribution in [0.4, 0.5) is 10.1 Å². The largest absolute Gasteiger partial charge is 0.508 e. The molecule has 0 radical (unpaired) electrons. The second-order valence-electron chi connectivity index (χ2n) is 4.25. The monoisotopic (exact) mass is 287 g/mol. The second kappa shape index (κ2) is 7.04. The number of hydrazone groups is 1. The van der Waals surface area contributed by atoms with E-state index in [4.69, 9.17) is 0 Å². The van der Waals surface area contributed by atoms with Gasteiger partial charge >= 0.3 is 0 Å². The van der Waals surface area contributed by atoms with Gasteiger partial charge in [0.25, 0.3) is 5.91 Å². The van der Waals surface area contributed by atoms with Gasteiger partial charge in [0.15, 0.2) is 0 Å². The number of nitrogens with one attached hydrogen (secondary N) is 2. The molecule has 2 rings (SSSR count). The summed E-state index contributed by atoms with van der Waals surface area (Å²) in [4.78, 5) is 11.5. The van der Waals surface area contributed by atoms with Crippen molar-refractivity contribution in [1.29, 1.82) is 0 Å². The summed E-state index contributed by atoms with van der Waals surface area (Å²) in [6.07, 6.45) is 1.43. The van der Waals surface area contributed by atoms with Crippen molar-refractivity contribution in [1.82, 2.24) is 5.43 Å². The zero-order valence-corrected chi connectivity index (χ0v) is 11.1. The van der Waals surface area contributed by atoms with Crippen molar-refractivity contribution in [2.45, 2.75) is 0 Å². The number of hydrogen-bond acceptors (Lipinski definition) is 4. The van der Waals surface area contributed by atoms with Gasteiger partial charge in [-0.25, -0.2) is 9.82 Å². The summed E-state index contributed by atoms with van der Waals surface area (Å²) in [5.41, 5.74) is 3.66. The molecular weight excluding hydrogens is 273 g/mol. The second-order valence-corrected chi connectivity index (χ2v) is 4.25. The molecule has 0 saturated carbocycles. The number of benzene rings is 2. The van der Waals surface area contributed by atoms with E-state index in [9.17, 15) is 14.3 Å². The molecule has 0 heterocycles. The zero-order valence-electron chi connectivity index (χ0n) is 11.1. The molecule has 108 valence electrons. The van der Waals surface area contributed by atoms with Gasteiger partial charge in [0.1, 0.15) is 11.6 Å². The molecule has 2 aromatic rings. The Labute approximate surface area is 121 Å². The van der Waals surface area contributed by atoms with Gasteiger partial charge in [-0.2, -0.15) is 5.10 Å². The summed E-state index contributed by atoms with van der Waals surface area (Å²) in [6.45, 7) is 0.0169. The minimum absolute atomic E-state index is 0.0169. The van der Waals surface area contributed by atoms with Crippen molar-refractivity contribution < 1.29 is 14.3 Å². The molecule has 2 aromatic carbocycles. The smallest absolute Gasteiger partial charge is 0.259 e. The van der Waals surface area contributed by atoms with Crippen molar-refractivity contribution in [2.24, 2.45) is 5.10 Å². The first-order valence-electron chi connectivity index (χ1n) is 6.24. The molecule has 0 aliphatic rings. The van der Waals surface area contributed by atoms with E-state index in [1.165, 1.54) is 24.4 Å². The highest BCUT2D eigenvalue weighted by Gasteiger charge is 1.99. The van der Waals surface area contributed by atoms with E-state index in [-0.39, 0.29) is 24.0 Å². The number of carbonyl (C=O) groups excluding carboxylic acids is 1. The van der Waals surface area contributed by atoms with Crippen LogP contribution < -0.4 is 10.7 Å². The molecule has 0 spiro atoms. The lowest BCUT2D eigenvalue weighted by atomic mass is 10.2. The highest BCUT2D eigenvalue weighted by molar-refractivity contribution is 5.84. The van der Waals surface area contributed by atoms with Gasteiger partial charge in [0.05, 0.1) is 12.8 Å². The fourth-order valence-corrected chi connectivity index (χ4v) is 1.57. The zero-order chi connectivity index (χ0) is 15.1. The summed E-state index contributed by atoms with van der Waals surface area (Å²) >= 11 is 0. The number of halogens is 1. The molecule has 0 bridgehead atoms. The van der Waals surface area contributed by atoms with Crippen molar-refractivity contribution >= 4 is 17.8 Å². The Hall–Kier alpha value is -2.89. The first-order valence-corrected chi connectivity index (χ1v) is 6.24. The van der Waals surface area contributed by atoms with Gasteiger partial charge in [0, 0.05) is 5.69 Å². The predicted octanol–water partition coefficient (Wildman–Crippen LogP) is 2.09. The Morgan fingerprint density at radius 2 is 2.00 bits per heavy atom. The molecule has 21 heavy (non-hydrogen) atoms. The maximum atomic E-state index is 12.7. The Morgan fingerprint density at radius 1 is 1.24 bits per heavy atom. The summed E-state index contributed by atoms with van der Waals surface area (Å²) in [5.74, 6) is -0.542. The number of aromatic hydroxyl groups is 1. The van der Waals surface area contributed by atoms with Crippen molar-refractivity contribution in [3.8, 4) is 5.75 Å². The molecule has 0 aromatic heterocycles. The van der Waals surface area contributed by atoms with Crippen molar-refractivity contribution in [2.75, 3.05) is 11.9 Å². The van der Waals surface area contributed by atoms with E-state index < -0.39 is 0 Å². The van der Waals surface area contributed by atoms with Crippen LogP contribution in [0.15, 0.2) is 53.6 Å². The topological polar surface area (TPSA) is 73.7 Å². The van der Waals surface area contributed by atoms with Gasteiger partial charge < -0.3 is 10.4 Å². The summed E-state index contributed by atoms with van der Waals surface area (Å²) < 4.78 is 12.7. The Balaban J connectivity index is 1.78. The predicted molar refractivity (Wildman–Crippen MR) is 78.7 cm³/mol. The lowest BCUT2D eigenvalue weighted by molar-refractivity contribution is -0.119. The van der Waals surface area contributed by atoms with Crippen LogP contribution in [0.5, 0.6) is 5.75 Å². The van der Waals surface area contributed by atoms with Crippen molar-refractivity contribution in [3.05, 3.63) is 59.9 Å². The van der Waals surface area contributed by atoms with Crippen LogP contribution in [-0.2, 0) is 4.79 Å². The molecule has 0 aliphatic heterocycles. The minimum atomic E-state index is -0.337. The van der Waals surface area contributed by atoms with Crippen LogP contribution in [0.1, 0.15) is 5.56 Å². The van der Waals surface area contributed by atoms with E-state index in [1.54, 1.807) is 30.3 Å². The van der Waals surface area contributed by atoms with Crippen LogP contribution in [-0.4, -0.2) is 23.8 Å². The number of phenols is 1. The highest BCUT2D eigenvalue weighted by Crippen LogP contribution is 2.09. The van der Waals surface area contributed by atoms with Gasteiger partial charge in [0.2, 0.25) is 0 Å². The number of nitrogens with zero attached hydrogens (tertiary/aromatic N) is 1. The molecular formula is C15H14FN3O2. The molecule has 5 nitrogen and oxygen atoms in total. The summed E-state index contributed by atoms with van der Waals surface area (Å²) in [6, 6.07) is 12.2. The lowest BCUT2D eigenvalue weighted by Gasteiger charge is -2.04. The van der Waals surface area contributed by atoms with Crippen LogP contribution in [0.2, 0.25) is 0 Å². The van der Waals surface area contributed by atoms with E-state index >= 15 is 0 Å². The number of carbonyl (C=O) groups is 1. The third kappa shape index (κ3) is 4.94. The van der Waals surface area contributed by atoms with Crippen LogP contribution >= 0.6 is 0 Å². The van der Waals surface area contributed by atoms with Gasteiger partial charge in [-0.3, -0.25) is 4.79 Å². The first-order chi connectivity index (χ1) is 10.1. The molecule has 0 aliphatic carbocycles. The Kier molecular flexibility index (Phi) is 4.87. The lowest BCUT2D eigenvalue weighted by Crippen LogP contribution is -2.25. The van der Waals surface area contributed by atoms with Crippen molar-refractivity contribution in [3.63, 3.8) is 0 Å². The minimum Gasteiger partial charge on any atom is -0.508 e. The molecule has 6 heteroatoms. The van der Waals surface area contributed by atoms with Crippen LogP contribution in [0, 0.1) is 5.82 Å². The normalized spacial score (nSPS) is 10.5. The van der Waals surface area contributed by atoms with Gasteiger partial charge in [-0.15, -0.1) is 0 Å². The van der Waals surface area contributed by atoms with E-state index in [0.29, 0.717) is 11.3 Å². The Morgan fingerprint density at radius 3 is 2.71 bits per heavy atom. The fourth-order valence-electron chi connectivity index (χ4n) is 1.57. The number of amides is 1. The first kappa shape index (κ1) is 14.5. The number of rotatable bonds is 5. The van der Waals surface area contributed by atoms with E-state index in [2.05, 4.69) is 15.8 Å². The highest BCUT2D eigenvalue weighted by atomic mass is 19.1. The maximum Gasteiger partial charge on any atom is 0.259 e. The number of phenolic OH excluding ortho intramolecular Hbond substituents is 1. The van der Waals surface area contributed by atoms with Crippen LogP contribution in [0.3, 0.4) is 0 Å². The SMILES string of the molecule is O=C(CNc1ccc(F)cc1)N/N=C\c1cccc(O)c1. The molecule has 1 amide bonds. The van der Waals surface area contributed by atoms with Gasteiger partial charge in [-0.05, 0) is 42.0 Å². The maximum absolute atomic E-state index is 12.7. The van der Waals surface area contributed by atoms with Crippen LogP contribution in [0.25, 0.3) is 0 Å². The van der Waals surface area contributed by atoms with Gasteiger partial charge in [-0.1, -0.05) is 12.1 Å². The summed E-state index contributed by atoms with van der Waals surface area (Å²) in [7, 11) is 0. The average Bonchev–Trinajstić information content (AvgIpc) is 2.47. The molecule has 0 fully saturated rings. The molecule has 0 atom stereocenters. The molecule has 0 unspecified atom stereocenters. The summed E-state index contributed by atoms with van der Waals surface area (Å²) in [5, 5.41) is 15.9.